The van der Waals surface area contributed by atoms with Crippen molar-refractivity contribution in [3.05, 3.63) is 17.9 Å². The highest BCUT2D eigenvalue weighted by Crippen LogP contribution is 2.59. The molecule has 19 heavy (non-hydrogen) atoms. The number of nitrogen functional groups attached to an aromatic ring is 1. The molecule has 3 heteroatoms. The van der Waals surface area contributed by atoms with Crippen LogP contribution in [0.2, 0.25) is 0 Å². The summed E-state index contributed by atoms with van der Waals surface area (Å²) >= 11 is 0. The normalized spacial score (nSPS) is 39.9. The molecule has 5 rings (SSSR count). The van der Waals surface area contributed by atoms with Gasteiger partial charge >= 0.3 is 0 Å². The van der Waals surface area contributed by atoms with Crippen molar-refractivity contribution in [1.29, 1.82) is 0 Å². The summed E-state index contributed by atoms with van der Waals surface area (Å²) in [7, 11) is 0. The molecule has 1 heterocycles. The van der Waals surface area contributed by atoms with Gasteiger partial charge in [-0.1, -0.05) is 0 Å². The minimum absolute atomic E-state index is 0.520. The molecule has 4 saturated carbocycles. The highest BCUT2D eigenvalue weighted by atomic mass is 16.4. The van der Waals surface area contributed by atoms with Crippen molar-refractivity contribution in [2.75, 3.05) is 12.3 Å². The maximum absolute atomic E-state index is 5.60. The third-order valence-corrected chi connectivity index (χ3v) is 5.65. The van der Waals surface area contributed by atoms with E-state index in [9.17, 15) is 0 Å². The van der Waals surface area contributed by atoms with E-state index in [1.807, 2.05) is 12.1 Å². The molecule has 0 atom stereocenters. The Morgan fingerprint density at radius 2 is 1.74 bits per heavy atom. The van der Waals surface area contributed by atoms with Crippen molar-refractivity contribution >= 4 is 5.88 Å². The van der Waals surface area contributed by atoms with Crippen LogP contribution in [0, 0.1) is 23.2 Å². The predicted molar refractivity (Wildman–Crippen MR) is 75.4 cm³/mol. The first-order chi connectivity index (χ1) is 9.21. The molecule has 0 radical (unpaired) electrons. The van der Waals surface area contributed by atoms with Crippen molar-refractivity contribution in [3.8, 4) is 0 Å². The number of rotatable bonds is 4. The number of nitrogens with one attached hydrogen (secondary N) is 1. The van der Waals surface area contributed by atoms with Crippen LogP contribution >= 0.6 is 0 Å². The van der Waals surface area contributed by atoms with Crippen LogP contribution in [-0.2, 0) is 6.54 Å². The molecule has 4 fully saturated rings. The first-order valence-electron chi connectivity index (χ1n) is 7.76. The quantitative estimate of drug-likeness (QED) is 0.874. The summed E-state index contributed by atoms with van der Waals surface area (Å²) in [6, 6.07) is 3.81. The Labute approximate surface area is 114 Å². The van der Waals surface area contributed by atoms with Crippen LogP contribution in [0.5, 0.6) is 0 Å². The maximum atomic E-state index is 5.60. The lowest BCUT2D eigenvalue weighted by Crippen LogP contribution is -2.50. The van der Waals surface area contributed by atoms with Crippen LogP contribution in [0.3, 0.4) is 0 Å². The summed E-state index contributed by atoms with van der Waals surface area (Å²) in [5.74, 6) is 4.58. The van der Waals surface area contributed by atoms with E-state index in [0.717, 1.165) is 36.6 Å². The Morgan fingerprint density at radius 3 is 2.26 bits per heavy atom. The molecule has 0 saturated heterocycles. The second-order valence-electron chi connectivity index (χ2n) is 7.33. The number of anilines is 1. The lowest BCUT2D eigenvalue weighted by atomic mass is 9.49. The van der Waals surface area contributed by atoms with Gasteiger partial charge in [-0.05, 0) is 67.8 Å². The smallest absolute Gasteiger partial charge is 0.190 e. The number of hydrogen-bond donors (Lipinski definition) is 2. The molecule has 0 aromatic carbocycles. The standard InChI is InChI=1S/C16H24N2O/c17-15-2-1-14(19-15)9-18-10-16-6-11-3-12(7-16)5-13(4-11)8-16/h1-2,11-13,18H,3-10,17H2. The fraction of sp³-hybridized carbons (Fsp3) is 0.750. The molecule has 0 amide bonds. The van der Waals surface area contributed by atoms with Crippen molar-refractivity contribution in [2.24, 2.45) is 23.2 Å². The minimum Gasteiger partial charge on any atom is -0.445 e. The van der Waals surface area contributed by atoms with Crippen LogP contribution in [0.4, 0.5) is 5.88 Å². The Hall–Kier alpha value is -0.960. The number of nitrogens with two attached hydrogens (primary N) is 1. The Kier molecular flexibility index (Phi) is 2.66. The number of furan rings is 1. The molecule has 0 unspecified atom stereocenters. The highest BCUT2D eigenvalue weighted by Gasteiger charge is 2.50. The average Bonchev–Trinajstić information content (AvgIpc) is 2.73. The van der Waals surface area contributed by atoms with Crippen molar-refractivity contribution in [2.45, 2.75) is 45.1 Å². The molecule has 4 aliphatic carbocycles. The number of hydrogen-bond acceptors (Lipinski definition) is 3. The molecule has 1 aromatic heterocycles. The molecule has 0 spiro atoms. The Balaban J connectivity index is 1.37. The Bertz CT molecular complexity index is 430. The minimum atomic E-state index is 0.520. The molecule has 4 bridgehead atoms. The van der Waals surface area contributed by atoms with Gasteiger partial charge in [0.05, 0.1) is 6.54 Å². The van der Waals surface area contributed by atoms with Gasteiger partial charge in [-0.25, -0.2) is 0 Å². The fourth-order valence-corrected chi connectivity index (χ4v) is 5.45. The molecular formula is C16H24N2O. The first-order valence-corrected chi connectivity index (χ1v) is 7.76. The third-order valence-electron chi connectivity index (χ3n) is 5.65. The van der Waals surface area contributed by atoms with E-state index in [1.54, 1.807) is 0 Å². The van der Waals surface area contributed by atoms with Crippen molar-refractivity contribution < 1.29 is 4.42 Å². The molecule has 104 valence electrons. The van der Waals surface area contributed by atoms with E-state index < -0.39 is 0 Å². The van der Waals surface area contributed by atoms with Gasteiger partial charge < -0.3 is 15.5 Å². The molecule has 3 N–H and O–H groups in total. The zero-order chi connectivity index (χ0) is 12.9. The highest BCUT2D eigenvalue weighted by molar-refractivity contribution is 5.25. The van der Waals surface area contributed by atoms with E-state index in [-0.39, 0.29) is 0 Å². The predicted octanol–water partition coefficient (Wildman–Crippen LogP) is 3.17. The van der Waals surface area contributed by atoms with Gasteiger partial charge in [-0.15, -0.1) is 0 Å². The van der Waals surface area contributed by atoms with Gasteiger partial charge in [0.25, 0.3) is 0 Å². The summed E-state index contributed by atoms with van der Waals surface area (Å²) in [5.41, 5.74) is 6.21. The zero-order valence-corrected chi connectivity index (χ0v) is 11.5. The van der Waals surface area contributed by atoms with Crippen LogP contribution in [0.25, 0.3) is 0 Å². The van der Waals surface area contributed by atoms with Gasteiger partial charge in [0.1, 0.15) is 5.76 Å². The first kappa shape index (κ1) is 11.8. The summed E-state index contributed by atoms with van der Waals surface area (Å²) < 4.78 is 5.42. The van der Waals surface area contributed by atoms with Gasteiger partial charge in [0, 0.05) is 12.6 Å². The summed E-state index contributed by atoms with van der Waals surface area (Å²) in [6.45, 7) is 1.98. The van der Waals surface area contributed by atoms with E-state index in [1.165, 1.54) is 38.5 Å². The maximum Gasteiger partial charge on any atom is 0.190 e. The third kappa shape index (κ3) is 2.18. The van der Waals surface area contributed by atoms with Crippen LogP contribution in [0.15, 0.2) is 16.5 Å². The van der Waals surface area contributed by atoms with Gasteiger partial charge in [-0.3, -0.25) is 0 Å². The molecule has 1 aromatic rings. The van der Waals surface area contributed by atoms with Gasteiger partial charge in [-0.2, -0.15) is 0 Å². The van der Waals surface area contributed by atoms with E-state index >= 15 is 0 Å². The average molecular weight is 260 g/mol. The summed E-state index contributed by atoms with van der Waals surface area (Å²) in [4.78, 5) is 0. The van der Waals surface area contributed by atoms with E-state index in [2.05, 4.69) is 5.32 Å². The van der Waals surface area contributed by atoms with Crippen LogP contribution < -0.4 is 11.1 Å². The van der Waals surface area contributed by atoms with Gasteiger partial charge in [0.15, 0.2) is 5.88 Å². The van der Waals surface area contributed by atoms with E-state index in [0.29, 0.717) is 11.3 Å². The van der Waals surface area contributed by atoms with E-state index in [4.69, 9.17) is 10.2 Å². The van der Waals surface area contributed by atoms with Gasteiger partial charge in [0.2, 0.25) is 0 Å². The van der Waals surface area contributed by atoms with Crippen molar-refractivity contribution in [3.63, 3.8) is 0 Å². The Morgan fingerprint density at radius 1 is 1.11 bits per heavy atom. The summed E-state index contributed by atoms with van der Waals surface area (Å²) in [5, 5.41) is 3.62. The van der Waals surface area contributed by atoms with Crippen LogP contribution in [-0.4, -0.2) is 6.54 Å². The SMILES string of the molecule is Nc1ccc(CNCC23CC4CC(CC(C4)C2)C3)o1. The summed E-state index contributed by atoms with van der Waals surface area (Å²) in [6.07, 6.45) is 8.96. The lowest BCUT2D eigenvalue weighted by Gasteiger charge is -2.57. The fourth-order valence-electron chi connectivity index (χ4n) is 5.45. The second-order valence-corrected chi connectivity index (χ2v) is 7.33. The topological polar surface area (TPSA) is 51.2 Å². The zero-order valence-electron chi connectivity index (χ0n) is 11.5. The molecule has 0 aliphatic heterocycles. The molecular weight excluding hydrogens is 236 g/mol. The van der Waals surface area contributed by atoms with Crippen molar-refractivity contribution in [1.82, 2.24) is 5.32 Å². The molecule has 3 nitrogen and oxygen atoms in total. The second kappa shape index (κ2) is 4.27. The van der Waals surface area contributed by atoms with Crippen LogP contribution in [0.1, 0.15) is 44.3 Å². The molecule has 4 aliphatic rings. The lowest BCUT2D eigenvalue weighted by molar-refractivity contribution is -0.0515. The monoisotopic (exact) mass is 260 g/mol. The largest absolute Gasteiger partial charge is 0.445 e.